The largest absolute Gasteiger partial charge is 0.454 e. The first-order valence-corrected chi connectivity index (χ1v) is 12.4. The average Bonchev–Trinajstić information content (AvgIpc) is 3.47. The lowest BCUT2D eigenvalue weighted by Crippen LogP contribution is -2.65. The van der Waals surface area contributed by atoms with Gasteiger partial charge in [-0.2, -0.15) is 0 Å². The zero-order valence-corrected chi connectivity index (χ0v) is 20.1. The molecule has 0 bridgehead atoms. The van der Waals surface area contributed by atoms with Crippen LogP contribution in [0, 0.1) is 5.92 Å². The molecule has 0 spiro atoms. The van der Waals surface area contributed by atoms with E-state index in [2.05, 4.69) is 17.2 Å². The molecular weight excluding hydrogens is 444 g/mol. The fourth-order valence-electron chi connectivity index (χ4n) is 5.65. The van der Waals surface area contributed by atoms with Gasteiger partial charge >= 0.3 is 0 Å². The zero-order chi connectivity index (χ0) is 24.2. The van der Waals surface area contributed by atoms with Crippen LogP contribution in [0.25, 0.3) is 11.0 Å². The third-order valence-corrected chi connectivity index (χ3v) is 7.85. The Morgan fingerprint density at radius 1 is 1.14 bits per heavy atom. The number of nitrogens with zero attached hydrogens (tertiary/aromatic N) is 3. The highest BCUT2D eigenvalue weighted by atomic mass is 16.7. The van der Waals surface area contributed by atoms with Crippen LogP contribution in [-0.2, 0) is 17.9 Å². The minimum atomic E-state index is -1.08. The number of hydrogen-bond acceptors (Lipinski definition) is 5. The number of para-hydroxylation sites is 2. The maximum Gasteiger partial charge on any atom is 0.291 e. The molecule has 1 aromatic heterocycles. The van der Waals surface area contributed by atoms with Crippen LogP contribution >= 0.6 is 0 Å². The summed E-state index contributed by atoms with van der Waals surface area (Å²) in [5, 5.41) is 3.32. The van der Waals surface area contributed by atoms with Crippen molar-refractivity contribution >= 4 is 22.8 Å². The molecule has 1 saturated carbocycles. The Morgan fingerprint density at radius 3 is 2.80 bits per heavy atom. The first kappa shape index (κ1) is 21.9. The van der Waals surface area contributed by atoms with Gasteiger partial charge in [0.2, 0.25) is 12.7 Å². The van der Waals surface area contributed by atoms with Crippen LogP contribution in [0.4, 0.5) is 0 Å². The smallest absolute Gasteiger partial charge is 0.291 e. The first-order valence-electron chi connectivity index (χ1n) is 12.4. The lowest BCUT2D eigenvalue weighted by atomic mass is 9.85. The molecule has 0 saturated heterocycles. The highest BCUT2D eigenvalue weighted by Gasteiger charge is 2.49. The maximum atomic E-state index is 14.0. The second kappa shape index (κ2) is 8.29. The molecule has 2 aliphatic heterocycles. The standard InChI is InChI=1S/C27H30N4O4/c1-17-7-3-4-8-19(17)29-26(33)27(2)15-30-21-10-6-5-9-20(21)28-24(30)25(32)31(27)14-18-11-12-22-23(13-18)35-16-34-22/h5-6,9-13,17,19H,3-4,7-8,14-16H2,1-2H3,(H,29,33)/t17-,19-,27-/m1/s1. The van der Waals surface area contributed by atoms with Gasteiger partial charge in [-0.1, -0.05) is 38.0 Å². The van der Waals surface area contributed by atoms with Gasteiger partial charge < -0.3 is 24.3 Å². The van der Waals surface area contributed by atoms with Crippen molar-refractivity contribution in [2.75, 3.05) is 6.79 Å². The molecule has 1 aliphatic carbocycles. The van der Waals surface area contributed by atoms with E-state index in [-0.39, 0.29) is 31.2 Å². The lowest BCUT2D eigenvalue weighted by molar-refractivity contribution is -0.134. The number of nitrogens with one attached hydrogen (secondary N) is 1. The monoisotopic (exact) mass is 474 g/mol. The van der Waals surface area contributed by atoms with Crippen LogP contribution in [-0.4, -0.2) is 44.6 Å². The summed E-state index contributed by atoms with van der Waals surface area (Å²) < 4.78 is 12.9. The molecule has 0 radical (unpaired) electrons. The van der Waals surface area contributed by atoms with Crippen LogP contribution < -0.4 is 14.8 Å². The van der Waals surface area contributed by atoms with Crippen LogP contribution in [0.15, 0.2) is 42.5 Å². The van der Waals surface area contributed by atoms with Crippen LogP contribution in [0.3, 0.4) is 0 Å². The van der Waals surface area contributed by atoms with Gasteiger partial charge in [-0.3, -0.25) is 9.59 Å². The Balaban J connectivity index is 1.39. The van der Waals surface area contributed by atoms with Gasteiger partial charge in [-0.15, -0.1) is 0 Å². The van der Waals surface area contributed by atoms with E-state index in [1.165, 1.54) is 6.42 Å². The molecule has 6 rings (SSSR count). The highest BCUT2D eigenvalue weighted by molar-refractivity contribution is 6.01. The molecule has 8 heteroatoms. The van der Waals surface area contributed by atoms with Crippen molar-refractivity contribution in [1.29, 1.82) is 0 Å². The number of benzene rings is 2. The van der Waals surface area contributed by atoms with Crippen LogP contribution in [0.5, 0.6) is 11.5 Å². The van der Waals surface area contributed by atoms with Gasteiger partial charge in [-0.25, -0.2) is 4.98 Å². The number of fused-ring (bicyclic) bond motifs is 4. The molecule has 182 valence electrons. The van der Waals surface area contributed by atoms with Crippen LogP contribution in [0.2, 0.25) is 0 Å². The van der Waals surface area contributed by atoms with Gasteiger partial charge in [0, 0.05) is 12.6 Å². The summed E-state index contributed by atoms with van der Waals surface area (Å²) in [6.07, 6.45) is 4.39. The summed E-state index contributed by atoms with van der Waals surface area (Å²) in [5.41, 5.74) is 1.41. The predicted molar refractivity (Wildman–Crippen MR) is 130 cm³/mol. The van der Waals surface area contributed by atoms with E-state index in [1.807, 2.05) is 54.0 Å². The average molecular weight is 475 g/mol. The molecule has 0 unspecified atom stereocenters. The summed E-state index contributed by atoms with van der Waals surface area (Å²) in [7, 11) is 0. The normalized spacial score (nSPS) is 25.5. The van der Waals surface area contributed by atoms with Gasteiger partial charge in [0.05, 0.1) is 17.6 Å². The minimum absolute atomic E-state index is 0.117. The van der Waals surface area contributed by atoms with Crippen molar-refractivity contribution < 1.29 is 19.1 Å². The summed E-state index contributed by atoms with van der Waals surface area (Å²) in [6.45, 7) is 4.86. The number of rotatable bonds is 4. The van der Waals surface area contributed by atoms with Crippen molar-refractivity contribution in [2.45, 2.75) is 64.2 Å². The lowest BCUT2D eigenvalue weighted by Gasteiger charge is -2.44. The second-order valence-electron chi connectivity index (χ2n) is 10.2. The van der Waals surface area contributed by atoms with Gasteiger partial charge in [0.15, 0.2) is 17.3 Å². The molecule has 2 aromatic carbocycles. The Hall–Kier alpha value is -3.55. The Morgan fingerprint density at radius 2 is 1.94 bits per heavy atom. The van der Waals surface area contributed by atoms with E-state index in [9.17, 15) is 9.59 Å². The molecule has 3 aliphatic rings. The van der Waals surface area contributed by atoms with Crippen molar-refractivity contribution in [3.05, 3.63) is 53.9 Å². The van der Waals surface area contributed by atoms with E-state index in [1.54, 1.807) is 4.90 Å². The van der Waals surface area contributed by atoms with Crippen molar-refractivity contribution in [3.8, 4) is 11.5 Å². The zero-order valence-electron chi connectivity index (χ0n) is 20.1. The number of imidazole rings is 1. The number of hydrogen-bond donors (Lipinski definition) is 1. The summed E-state index contributed by atoms with van der Waals surface area (Å²) >= 11 is 0. The Bertz CT molecular complexity index is 1320. The fraction of sp³-hybridized carbons (Fsp3) is 0.444. The minimum Gasteiger partial charge on any atom is -0.454 e. The molecule has 1 N–H and O–H groups in total. The summed E-state index contributed by atoms with van der Waals surface area (Å²) in [4.78, 5) is 34.2. The van der Waals surface area contributed by atoms with Gasteiger partial charge in [-0.05, 0) is 55.5 Å². The van der Waals surface area contributed by atoms with Gasteiger partial charge in [0.1, 0.15) is 5.54 Å². The van der Waals surface area contributed by atoms with Crippen molar-refractivity contribution in [3.63, 3.8) is 0 Å². The second-order valence-corrected chi connectivity index (χ2v) is 10.2. The van der Waals surface area contributed by atoms with E-state index >= 15 is 0 Å². The number of carbonyl (C=O) groups excluding carboxylic acids is 2. The number of ether oxygens (including phenoxy) is 2. The topological polar surface area (TPSA) is 85.7 Å². The van der Waals surface area contributed by atoms with E-state index < -0.39 is 5.54 Å². The van der Waals surface area contributed by atoms with Crippen LogP contribution in [0.1, 0.15) is 55.7 Å². The first-order chi connectivity index (χ1) is 16.9. The van der Waals surface area contributed by atoms with E-state index in [4.69, 9.17) is 9.47 Å². The summed E-state index contributed by atoms with van der Waals surface area (Å²) in [6, 6.07) is 13.5. The third kappa shape index (κ3) is 3.63. The molecule has 3 atom stereocenters. The number of aromatic nitrogens is 2. The SMILES string of the molecule is C[C@@H]1CCCC[C@H]1NC(=O)[C@@]1(C)Cn2c(nc3ccccc32)C(=O)N1Cc1ccc2c(c1)OCO2. The molecule has 8 nitrogen and oxygen atoms in total. The molecule has 1 fully saturated rings. The Kier molecular flexibility index (Phi) is 5.20. The van der Waals surface area contributed by atoms with Crippen molar-refractivity contribution in [1.82, 2.24) is 19.8 Å². The number of amides is 2. The number of carbonyl (C=O) groups is 2. The van der Waals surface area contributed by atoms with E-state index in [0.717, 1.165) is 35.9 Å². The third-order valence-electron chi connectivity index (χ3n) is 7.85. The predicted octanol–water partition coefficient (Wildman–Crippen LogP) is 3.87. The molecular formula is C27H30N4O4. The van der Waals surface area contributed by atoms with Crippen molar-refractivity contribution in [2.24, 2.45) is 5.92 Å². The van der Waals surface area contributed by atoms with Gasteiger partial charge in [0.25, 0.3) is 5.91 Å². The Labute approximate surface area is 204 Å². The summed E-state index contributed by atoms with van der Waals surface area (Å²) in [5.74, 6) is 1.76. The quantitative estimate of drug-likeness (QED) is 0.620. The molecule has 3 aromatic rings. The highest BCUT2D eigenvalue weighted by Crippen LogP contribution is 2.36. The fourth-order valence-corrected chi connectivity index (χ4v) is 5.65. The molecule has 3 heterocycles. The molecule has 35 heavy (non-hydrogen) atoms. The van der Waals surface area contributed by atoms with E-state index in [0.29, 0.717) is 29.8 Å². The molecule has 2 amide bonds. The maximum absolute atomic E-state index is 14.0.